The predicted molar refractivity (Wildman–Crippen MR) is 76.0 cm³/mol. The van der Waals surface area contributed by atoms with Gasteiger partial charge in [0.1, 0.15) is 34.6 Å². The molecule has 0 heterocycles. The van der Waals surface area contributed by atoms with Gasteiger partial charge in [-0.2, -0.15) is 8.78 Å². The van der Waals surface area contributed by atoms with Crippen molar-refractivity contribution >= 4 is 0 Å². The van der Waals surface area contributed by atoms with Gasteiger partial charge in [0, 0.05) is 17.7 Å². The van der Waals surface area contributed by atoms with E-state index in [9.17, 15) is 26.3 Å². The molecule has 24 heavy (non-hydrogen) atoms. The minimum atomic E-state index is -4.44. The van der Waals surface area contributed by atoms with Crippen LogP contribution in [-0.2, 0) is 19.0 Å². The van der Waals surface area contributed by atoms with Crippen LogP contribution in [0, 0.1) is 23.3 Å². The van der Waals surface area contributed by atoms with Crippen LogP contribution in [0.2, 0.25) is 0 Å². The highest BCUT2D eigenvalue weighted by Crippen LogP contribution is 2.36. The maximum absolute atomic E-state index is 14.1. The van der Waals surface area contributed by atoms with E-state index in [-0.39, 0.29) is 24.0 Å². The van der Waals surface area contributed by atoms with E-state index in [0.717, 1.165) is 12.1 Å². The first-order chi connectivity index (χ1) is 11.2. The summed E-state index contributed by atoms with van der Waals surface area (Å²) in [4.78, 5) is 0. The Kier molecular flexibility index (Phi) is 5.11. The molecule has 2 rings (SSSR count). The number of hydrogen-bond acceptors (Lipinski definition) is 1. The Morgan fingerprint density at radius 3 is 1.71 bits per heavy atom. The number of rotatable bonds is 5. The fourth-order valence-corrected chi connectivity index (χ4v) is 2.28. The van der Waals surface area contributed by atoms with Crippen LogP contribution in [0.3, 0.4) is 0 Å². The van der Waals surface area contributed by atoms with Gasteiger partial charge in [0.05, 0.1) is 0 Å². The van der Waals surface area contributed by atoms with Gasteiger partial charge in [0.15, 0.2) is 0 Å². The molecule has 0 saturated carbocycles. The van der Waals surface area contributed by atoms with Crippen molar-refractivity contribution in [2.24, 2.45) is 0 Å². The lowest BCUT2D eigenvalue weighted by Crippen LogP contribution is -2.25. The number of aryl methyl sites for hydroxylation is 1. The molecule has 130 valence electrons. The molecule has 7 heteroatoms. The van der Waals surface area contributed by atoms with Crippen molar-refractivity contribution in [3.05, 3.63) is 64.2 Å². The maximum Gasteiger partial charge on any atom is 0.432 e. The van der Waals surface area contributed by atoms with Gasteiger partial charge in [0.2, 0.25) is 0 Å². The number of hydrogen-bond donors (Lipinski definition) is 0. The molecular weight excluding hydrogens is 334 g/mol. The molecule has 0 unspecified atom stereocenters. The molecule has 0 saturated heterocycles. The monoisotopic (exact) mass is 348 g/mol. The van der Waals surface area contributed by atoms with E-state index < -0.39 is 40.7 Å². The van der Waals surface area contributed by atoms with Crippen LogP contribution < -0.4 is 4.74 Å². The van der Waals surface area contributed by atoms with Crippen LogP contribution in [0.4, 0.5) is 26.3 Å². The molecule has 0 radical (unpaired) electrons. The van der Waals surface area contributed by atoms with Gasteiger partial charge < -0.3 is 4.74 Å². The Bertz CT molecular complexity index is 711. The summed E-state index contributed by atoms with van der Waals surface area (Å²) in [6, 6.07) is 2.62. The molecule has 0 N–H and O–H groups in total. The third kappa shape index (κ3) is 3.49. The van der Waals surface area contributed by atoms with E-state index in [0.29, 0.717) is 12.1 Å². The molecular formula is C17H14F6O. The molecule has 1 nitrogen and oxygen atoms in total. The molecule has 0 bridgehead atoms. The van der Waals surface area contributed by atoms with Gasteiger partial charge >= 0.3 is 6.11 Å². The predicted octanol–water partition coefficient (Wildman–Crippen LogP) is 5.50. The first-order valence-electron chi connectivity index (χ1n) is 7.22. The molecule has 0 amide bonds. The first kappa shape index (κ1) is 18.2. The van der Waals surface area contributed by atoms with Crippen molar-refractivity contribution in [2.45, 2.75) is 32.8 Å². The molecule has 2 aromatic rings. The largest absolute Gasteiger partial charge is 0.432 e. The molecule has 0 fully saturated rings. The summed E-state index contributed by atoms with van der Waals surface area (Å²) in [5.74, 6) is -6.02. The zero-order valence-electron chi connectivity index (χ0n) is 12.9. The maximum atomic E-state index is 14.1. The summed E-state index contributed by atoms with van der Waals surface area (Å²) in [7, 11) is 0. The van der Waals surface area contributed by atoms with Gasteiger partial charge in [0.25, 0.3) is 0 Å². The Balaban J connectivity index is 2.42. The summed E-state index contributed by atoms with van der Waals surface area (Å²) in [5.41, 5.74) is -1.72. The third-order valence-electron chi connectivity index (χ3n) is 3.52. The number of ether oxygens (including phenoxy) is 1. The zero-order chi connectivity index (χ0) is 18.1. The van der Waals surface area contributed by atoms with E-state index in [1.165, 1.54) is 6.92 Å². The minimum absolute atomic E-state index is 0.01000. The molecule has 2 aromatic carbocycles. The highest BCUT2D eigenvalue weighted by molar-refractivity contribution is 5.33. The van der Waals surface area contributed by atoms with Crippen molar-refractivity contribution in [3.63, 3.8) is 0 Å². The van der Waals surface area contributed by atoms with Crippen LogP contribution in [0.1, 0.15) is 30.5 Å². The van der Waals surface area contributed by atoms with Gasteiger partial charge in [-0.1, -0.05) is 13.8 Å². The second-order valence-electron chi connectivity index (χ2n) is 5.13. The number of alkyl halides is 2. The van der Waals surface area contributed by atoms with Gasteiger partial charge in [-0.25, -0.2) is 17.6 Å². The van der Waals surface area contributed by atoms with Crippen molar-refractivity contribution in [1.29, 1.82) is 0 Å². The lowest BCUT2D eigenvalue weighted by atomic mass is 10.1. The fraction of sp³-hybridized carbons (Fsp3) is 0.294. The Labute approximate surface area is 134 Å². The normalized spacial score (nSPS) is 11.7. The fourth-order valence-electron chi connectivity index (χ4n) is 2.28. The van der Waals surface area contributed by atoms with E-state index in [2.05, 4.69) is 4.74 Å². The van der Waals surface area contributed by atoms with Crippen molar-refractivity contribution in [2.75, 3.05) is 0 Å². The van der Waals surface area contributed by atoms with Crippen molar-refractivity contribution in [3.8, 4) is 5.75 Å². The Morgan fingerprint density at radius 2 is 1.29 bits per heavy atom. The highest BCUT2D eigenvalue weighted by atomic mass is 19.3. The molecule has 0 aliphatic rings. The van der Waals surface area contributed by atoms with E-state index in [1.807, 2.05) is 0 Å². The second-order valence-corrected chi connectivity index (χ2v) is 5.13. The van der Waals surface area contributed by atoms with Crippen LogP contribution in [0.5, 0.6) is 5.75 Å². The van der Waals surface area contributed by atoms with Gasteiger partial charge in [-0.05, 0) is 30.5 Å². The quantitative estimate of drug-likeness (QED) is 0.649. The van der Waals surface area contributed by atoms with Crippen LogP contribution in [0.15, 0.2) is 24.3 Å². The van der Waals surface area contributed by atoms with E-state index in [1.54, 1.807) is 6.92 Å². The van der Waals surface area contributed by atoms with Gasteiger partial charge in [-0.15, -0.1) is 0 Å². The highest BCUT2D eigenvalue weighted by Gasteiger charge is 2.41. The first-order valence-corrected chi connectivity index (χ1v) is 7.22. The Hall–Kier alpha value is -2.18. The Morgan fingerprint density at radius 1 is 0.792 bits per heavy atom. The molecule has 0 aliphatic heterocycles. The smallest absolute Gasteiger partial charge is 0.429 e. The SMILES string of the molecule is CCc1cc(F)c(C(F)(F)Oc2cc(F)c(CC)c(F)c2)c(F)c1. The van der Waals surface area contributed by atoms with E-state index >= 15 is 0 Å². The summed E-state index contributed by atoms with van der Waals surface area (Å²) in [6.45, 7) is 3.08. The van der Waals surface area contributed by atoms with Crippen LogP contribution in [0.25, 0.3) is 0 Å². The van der Waals surface area contributed by atoms with Gasteiger partial charge in [-0.3, -0.25) is 0 Å². The summed E-state index contributed by atoms with van der Waals surface area (Å²) in [5, 5.41) is 0. The molecule has 0 aromatic heterocycles. The second kappa shape index (κ2) is 6.75. The summed E-state index contributed by atoms with van der Waals surface area (Å²) >= 11 is 0. The third-order valence-corrected chi connectivity index (χ3v) is 3.52. The molecule has 0 spiro atoms. The van der Waals surface area contributed by atoms with Crippen LogP contribution in [-0.4, -0.2) is 0 Å². The van der Waals surface area contributed by atoms with E-state index in [4.69, 9.17) is 0 Å². The van der Waals surface area contributed by atoms with Crippen LogP contribution >= 0.6 is 0 Å². The lowest BCUT2D eigenvalue weighted by molar-refractivity contribution is -0.189. The summed E-state index contributed by atoms with van der Waals surface area (Å²) < 4.78 is 87.3. The topological polar surface area (TPSA) is 9.23 Å². The number of benzene rings is 2. The van der Waals surface area contributed by atoms with Crippen molar-refractivity contribution in [1.82, 2.24) is 0 Å². The number of halogens is 6. The molecule has 0 aliphatic carbocycles. The lowest BCUT2D eigenvalue weighted by Gasteiger charge is -2.20. The molecule has 0 atom stereocenters. The minimum Gasteiger partial charge on any atom is -0.429 e. The zero-order valence-corrected chi connectivity index (χ0v) is 12.9. The van der Waals surface area contributed by atoms with Crippen molar-refractivity contribution < 1.29 is 31.1 Å². The standard InChI is InChI=1S/C17H14F6O/c1-3-9-5-14(20)16(15(21)6-9)17(22,23)24-10-7-12(18)11(4-2)13(19)8-10/h5-8H,3-4H2,1-2H3. The average Bonchev–Trinajstić information content (AvgIpc) is 2.45. The average molecular weight is 348 g/mol. The summed E-state index contributed by atoms with van der Waals surface area (Å²) in [6.07, 6.45) is -4.18.